The van der Waals surface area contributed by atoms with Crippen LogP contribution >= 0.6 is 27.5 Å². The monoisotopic (exact) mass is 306 g/mol. The van der Waals surface area contributed by atoms with Crippen molar-refractivity contribution >= 4 is 33.3 Å². The van der Waals surface area contributed by atoms with Gasteiger partial charge >= 0.3 is 0 Å². The maximum atomic E-state index is 13.4. The molecule has 0 saturated heterocycles. The smallest absolute Gasteiger partial charge is 0.149 e. The Morgan fingerprint density at radius 1 is 1.50 bits per heavy atom. The van der Waals surface area contributed by atoms with Crippen LogP contribution < -0.4 is 0 Å². The summed E-state index contributed by atoms with van der Waals surface area (Å²) in [5.41, 5.74) is 0.461. The second-order valence-corrected chi connectivity index (χ2v) is 5.51. The Morgan fingerprint density at radius 2 is 2.12 bits per heavy atom. The highest BCUT2D eigenvalue weighted by Crippen LogP contribution is 2.20. The van der Waals surface area contributed by atoms with Gasteiger partial charge in [-0.15, -0.1) is 0 Å². The fourth-order valence-corrected chi connectivity index (χ4v) is 2.43. The largest absolute Gasteiger partial charge is 0.298 e. The van der Waals surface area contributed by atoms with E-state index in [1.807, 2.05) is 13.8 Å². The van der Waals surface area contributed by atoms with E-state index in [9.17, 15) is 9.18 Å². The van der Waals surface area contributed by atoms with E-state index in [-0.39, 0.29) is 22.3 Å². The molecule has 0 bridgehead atoms. The summed E-state index contributed by atoms with van der Waals surface area (Å²) in [6.45, 7) is 3.65. The maximum absolute atomic E-state index is 13.4. The second-order valence-electron chi connectivity index (χ2n) is 3.96. The van der Waals surface area contributed by atoms with Gasteiger partial charge in [-0.2, -0.15) is 0 Å². The molecule has 1 rings (SSSR count). The zero-order valence-electron chi connectivity index (χ0n) is 9.14. The Bertz CT molecular complexity index is 393. The average molecular weight is 308 g/mol. The van der Waals surface area contributed by atoms with E-state index >= 15 is 0 Å². The first kappa shape index (κ1) is 13.7. The molecule has 0 aliphatic rings. The number of carbonyl (C=O) groups is 1. The highest BCUT2D eigenvalue weighted by atomic mass is 79.9. The van der Waals surface area contributed by atoms with Gasteiger partial charge in [0.05, 0.1) is 4.83 Å². The predicted octanol–water partition coefficient (Wildman–Crippen LogP) is 4.01. The Hall–Kier alpha value is -0.410. The van der Waals surface area contributed by atoms with Crippen molar-refractivity contribution in [2.75, 3.05) is 0 Å². The zero-order valence-corrected chi connectivity index (χ0v) is 11.5. The number of hydrogen-bond acceptors (Lipinski definition) is 1. The highest BCUT2D eigenvalue weighted by Gasteiger charge is 2.19. The number of benzene rings is 1. The molecule has 0 aliphatic heterocycles. The molecule has 0 fully saturated rings. The van der Waals surface area contributed by atoms with Crippen molar-refractivity contribution in [3.05, 3.63) is 34.6 Å². The van der Waals surface area contributed by atoms with Gasteiger partial charge in [-0.05, 0) is 30.2 Å². The molecule has 0 aliphatic carbocycles. The van der Waals surface area contributed by atoms with E-state index in [2.05, 4.69) is 15.9 Å². The molecule has 88 valence electrons. The molecule has 0 N–H and O–H groups in total. The minimum atomic E-state index is -0.361. The Labute approximate surface area is 108 Å². The zero-order chi connectivity index (χ0) is 12.3. The van der Waals surface area contributed by atoms with E-state index in [1.165, 1.54) is 12.1 Å². The number of Topliss-reactive ketones (excluding diaryl/α,β-unsaturated/α-hetero) is 1. The molecule has 0 saturated carbocycles. The van der Waals surface area contributed by atoms with Crippen LogP contribution in [-0.4, -0.2) is 10.6 Å². The lowest BCUT2D eigenvalue weighted by Gasteiger charge is -2.12. The van der Waals surface area contributed by atoms with Crippen molar-refractivity contribution < 1.29 is 9.18 Å². The number of rotatable bonds is 4. The lowest BCUT2D eigenvalue weighted by Crippen LogP contribution is -2.22. The number of hydrogen-bond donors (Lipinski definition) is 0. The normalized spacial score (nSPS) is 12.9. The van der Waals surface area contributed by atoms with Crippen LogP contribution in [0.25, 0.3) is 0 Å². The van der Waals surface area contributed by atoms with Crippen molar-refractivity contribution in [2.45, 2.75) is 25.1 Å². The Kier molecular flexibility index (Phi) is 4.93. The Morgan fingerprint density at radius 3 is 2.69 bits per heavy atom. The summed E-state index contributed by atoms with van der Waals surface area (Å²) < 4.78 is 13.4. The van der Waals surface area contributed by atoms with Crippen LogP contribution in [0.2, 0.25) is 5.02 Å². The SMILES string of the molecule is CC(C)C(=O)C(Br)Cc1cc(Cl)ccc1F. The average Bonchev–Trinajstić information content (AvgIpc) is 2.22. The van der Waals surface area contributed by atoms with Crippen LogP contribution in [0, 0.1) is 11.7 Å². The molecule has 1 aromatic carbocycles. The summed E-state index contributed by atoms with van der Waals surface area (Å²) in [6, 6.07) is 4.36. The lowest BCUT2D eigenvalue weighted by molar-refractivity contribution is -0.121. The van der Waals surface area contributed by atoms with Gasteiger partial charge in [0.2, 0.25) is 0 Å². The van der Waals surface area contributed by atoms with E-state index in [0.29, 0.717) is 17.0 Å². The van der Waals surface area contributed by atoms with E-state index in [1.54, 1.807) is 6.07 Å². The Balaban J connectivity index is 2.80. The van der Waals surface area contributed by atoms with Crippen molar-refractivity contribution in [3.8, 4) is 0 Å². The third-order valence-electron chi connectivity index (χ3n) is 2.28. The van der Waals surface area contributed by atoms with Crippen molar-refractivity contribution in [1.82, 2.24) is 0 Å². The highest BCUT2D eigenvalue weighted by molar-refractivity contribution is 9.10. The summed E-state index contributed by atoms with van der Waals surface area (Å²) in [6.07, 6.45) is 0.323. The quantitative estimate of drug-likeness (QED) is 0.768. The molecule has 1 atom stereocenters. The lowest BCUT2D eigenvalue weighted by atomic mass is 10.0. The first-order chi connectivity index (χ1) is 7.41. The number of carbonyl (C=O) groups excluding carboxylic acids is 1. The van der Waals surface area contributed by atoms with Crippen LogP contribution in [0.5, 0.6) is 0 Å². The molecule has 0 heterocycles. The van der Waals surface area contributed by atoms with E-state index in [4.69, 9.17) is 11.6 Å². The van der Waals surface area contributed by atoms with Crippen molar-refractivity contribution in [1.29, 1.82) is 0 Å². The minimum Gasteiger partial charge on any atom is -0.298 e. The molecule has 1 aromatic rings. The van der Waals surface area contributed by atoms with Gasteiger partial charge < -0.3 is 0 Å². The molecule has 0 amide bonds. The van der Waals surface area contributed by atoms with Crippen LogP contribution in [0.4, 0.5) is 4.39 Å². The summed E-state index contributed by atoms with van der Waals surface area (Å²) in [4.78, 5) is 11.3. The predicted molar refractivity (Wildman–Crippen MR) is 67.7 cm³/mol. The van der Waals surface area contributed by atoms with Gasteiger partial charge in [0.1, 0.15) is 11.6 Å². The molecule has 16 heavy (non-hydrogen) atoms. The topological polar surface area (TPSA) is 17.1 Å². The molecule has 0 spiro atoms. The molecule has 0 radical (unpaired) electrons. The standard InChI is InChI=1S/C12H13BrClFO/c1-7(2)12(16)10(13)6-8-5-9(14)3-4-11(8)15/h3-5,7,10H,6H2,1-2H3. The number of ketones is 1. The van der Waals surface area contributed by atoms with E-state index in [0.717, 1.165) is 0 Å². The molecule has 4 heteroatoms. The second kappa shape index (κ2) is 5.78. The van der Waals surface area contributed by atoms with Crippen LogP contribution in [-0.2, 0) is 11.2 Å². The molecule has 0 aromatic heterocycles. The molecule has 1 unspecified atom stereocenters. The van der Waals surface area contributed by atoms with Gasteiger partial charge in [0.25, 0.3) is 0 Å². The summed E-state index contributed by atoms with van der Waals surface area (Å²) in [5.74, 6) is -0.323. The van der Waals surface area contributed by atoms with Gasteiger partial charge in [-0.3, -0.25) is 4.79 Å². The third kappa shape index (κ3) is 3.56. The fourth-order valence-electron chi connectivity index (χ4n) is 1.36. The number of alkyl halides is 1. The van der Waals surface area contributed by atoms with Crippen molar-refractivity contribution in [2.24, 2.45) is 5.92 Å². The van der Waals surface area contributed by atoms with Crippen LogP contribution in [0.3, 0.4) is 0 Å². The summed E-state index contributed by atoms with van der Waals surface area (Å²) >= 11 is 9.06. The van der Waals surface area contributed by atoms with Crippen LogP contribution in [0.1, 0.15) is 19.4 Å². The van der Waals surface area contributed by atoms with Gasteiger partial charge in [-0.1, -0.05) is 41.4 Å². The first-order valence-electron chi connectivity index (χ1n) is 5.03. The van der Waals surface area contributed by atoms with E-state index < -0.39 is 0 Å². The third-order valence-corrected chi connectivity index (χ3v) is 3.29. The van der Waals surface area contributed by atoms with Crippen molar-refractivity contribution in [3.63, 3.8) is 0 Å². The van der Waals surface area contributed by atoms with Gasteiger partial charge in [0, 0.05) is 10.9 Å². The molecule has 1 nitrogen and oxygen atoms in total. The van der Waals surface area contributed by atoms with Crippen LogP contribution in [0.15, 0.2) is 18.2 Å². The van der Waals surface area contributed by atoms with Gasteiger partial charge in [-0.25, -0.2) is 4.39 Å². The minimum absolute atomic E-state index is 0.0633. The van der Waals surface area contributed by atoms with Gasteiger partial charge in [0.15, 0.2) is 0 Å². The summed E-state index contributed by atoms with van der Waals surface area (Å²) in [5, 5.41) is 0.480. The fraction of sp³-hybridized carbons (Fsp3) is 0.417. The molecular weight excluding hydrogens is 294 g/mol. The molecular formula is C12H13BrClFO. The first-order valence-corrected chi connectivity index (χ1v) is 6.33. The maximum Gasteiger partial charge on any atom is 0.149 e. The number of halogens is 3. The summed E-state index contributed by atoms with van der Waals surface area (Å²) in [7, 11) is 0.